The van der Waals surface area contributed by atoms with Crippen molar-refractivity contribution in [1.82, 2.24) is 0 Å². The van der Waals surface area contributed by atoms with Crippen LogP contribution in [0.15, 0.2) is 18.2 Å². The molecule has 0 unspecified atom stereocenters. The van der Waals surface area contributed by atoms with Crippen molar-refractivity contribution in [3.05, 3.63) is 34.3 Å². The smallest absolute Gasteiger partial charge is 0.341 e. The molecule has 0 bridgehead atoms. The van der Waals surface area contributed by atoms with Gasteiger partial charge < -0.3 is 35.2 Å². The van der Waals surface area contributed by atoms with Crippen LogP contribution in [0.4, 0.5) is 5.69 Å². The molecule has 0 fully saturated rings. The van der Waals surface area contributed by atoms with Gasteiger partial charge in [0.25, 0.3) is 0 Å². The number of halogens is 1. The minimum Gasteiger partial charge on any atom is -0.507 e. The summed E-state index contributed by atoms with van der Waals surface area (Å²) >= 11 is 5.71. The van der Waals surface area contributed by atoms with Crippen LogP contribution in [0.5, 0.6) is 28.7 Å². The van der Waals surface area contributed by atoms with E-state index in [4.69, 9.17) is 21.1 Å². The highest BCUT2D eigenvalue weighted by atomic mass is 35.5. The van der Waals surface area contributed by atoms with Gasteiger partial charge in [0.1, 0.15) is 22.8 Å². The van der Waals surface area contributed by atoms with Gasteiger partial charge in [0.15, 0.2) is 11.5 Å². The lowest BCUT2D eigenvalue weighted by atomic mass is 10.1. The van der Waals surface area contributed by atoms with E-state index in [1.165, 1.54) is 7.11 Å². The number of anilines is 1. The fraction of sp³-hybridized carbons (Fsp3) is 0.222. The number of ether oxygens (including phenoxy) is 2. The average Bonchev–Trinajstić information content (AvgIpc) is 2.65. The number of carbonyl (C=O) groups excluding carboxylic acids is 2. The molecule has 5 N–H and O–H groups in total. The van der Waals surface area contributed by atoms with E-state index in [2.05, 4.69) is 5.32 Å². The zero-order valence-corrected chi connectivity index (χ0v) is 15.5. The van der Waals surface area contributed by atoms with Crippen molar-refractivity contribution in [2.75, 3.05) is 19.0 Å². The SMILES string of the molecule is COc1c(O)cc(NC=O)c(O)c1CCCOC(=O)c1cc(Cl)c(O)cc1O. The van der Waals surface area contributed by atoms with E-state index < -0.39 is 11.7 Å². The van der Waals surface area contributed by atoms with E-state index in [1.54, 1.807) is 0 Å². The summed E-state index contributed by atoms with van der Waals surface area (Å²) in [7, 11) is 1.31. The van der Waals surface area contributed by atoms with Gasteiger partial charge >= 0.3 is 5.97 Å². The Morgan fingerprint density at radius 1 is 1.14 bits per heavy atom. The molecule has 0 spiro atoms. The van der Waals surface area contributed by atoms with Gasteiger partial charge in [0.05, 0.1) is 24.4 Å². The highest BCUT2D eigenvalue weighted by Gasteiger charge is 2.19. The maximum Gasteiger partial charge on any atom is 0.341 e. The van der Waals surface area contributed by atoms with E-state index in [0.29, 0.717) is 6.41 Å². The van der Waals surface area contributed by atoms with E-state index in [9.17, 15) is 30.0 Å². The van der Waals surface area contributed by atoms with Gasteiger partial charge in [-0.05, 0) is 18.9 Å². The van der Waals surface area contributed by atoms with E-state index in [0.717, 1.165) is 18.2 Å². The van der Waals surface area contributed by atoms with Crippen LogP contribution in [0.25, 0.3) is 0 Å². The Morgan fingerprint density at radius 3 is 2.50 bits per heavy atom. The number of methoxy groups -OCH3 is 1. The molecule has 150 valence electrons. The number of amides is 1. The largest absolute Gasteiger partial charge is 0.507 e. The zero-order chi connectivity index (χ0) is 20.8. The molecular formula is C18H18ClNO8. The van der Waals surface area contributed by atoms with Crippen molar-refractivity contribution in [2.45, 2.75) is 12.8 Å². The minimum absolute atomic E-state index is 0.00366. The Morgan fingerprint density at radius 2 is 1.86 bits per heavy atom. The quantitative estimate of drug-likeness (QED) is 0.146. The molecule has 2 aromatic rings. The summed E-state index contributed by atoms with van der Waals surface area (Å²) in [6.45, 7) is -0.0918. The van der Waals surface area contributed by atoms with E-state index in [-0.39, 0.29) is 64.3 Å². The molecule has 0 heterocycles. The van der Waals surface area contributed by atoms with Gasteiger partial charge in [-0.15, -0.1) is 0 Å². The topological polar surface area (TPSA) is 146 Å². The first-order chi connectivity index (χ1) is 13.3. The van der Waals surface area contributed by atoms with E-state index in [1.807, 2.05) is 0 Å². The molecular weight excluding hydrogens is 394 g/mol. The number of phenolic OH excluding ortho intramolecular Hbond substituents is 4. The third kappa shape index (κ3) is 4.49. The monoisotopic (exact) mass is 411 g/mol. The number of benzene rings is 2. The lowest BCUT2D eigenvalue weighted by Crippen LogP contribution is -2.08. The van der Waals surface area contributed by atoms with Crippen molar-refractivity contribution < 1.29 is 39.5 Å². The number of esters is 1. The Balaban J connectivity index is 2.06. The zero-order valence-electron chi connectivity index (χ0n) is 14.7. The van der Waals surface area contributed by atoms with Crippen LogP contribution in [0.2, 0.25) is 5.02 Å². The minimum atomic E-state index is -0.852. The summed E-state index contributed by atoms with van der Waals surface area (Å²) in [4.78, 5) is 22.6. The van der Waals surface area contributed by atoms with Crippen LogP contribution >= 0.6 is 11.6 Å². The number of hydrogen-bond donors (Lipinski definition) is 5. The summed E-state index contributed by atoms with van der Waals surface area (Å²) in [5, 5.41) is 41.4. The first-order valence-electron chi connectivity index (χ1n) is 8.00. The summed E-state index contributed by atoms with van der Waals surface area (Å²) in [6, 6.07) is 3.15. The number of aromatic hydroxyl groups is 4. The lowest BCUT2D eigenvalue weighted by Gasteiger charge is -2.15. The molecule has 0 radical (unpaired) electrons. The molecule has 0 aliphatic carbocycles. The summed E-state index contributed by atoms with van der Waals surface area (Å²) < 4.78 is 10.1. The molecule has 0 atom stereocenters. The molecule has 0 saturated carbocycles. The van der Waals surface area contributed by atoms with E-state index >= 15 is 0 Å². The second-order valence-corrected chi connectivity index (χ2v) is 6.03. The molecule has 2 rings (SSSR count). The number of rotatable bonds is 8. The fourth-order valence-electron chi connectivity index (χ4n) is 2.53. The first kappa shape index (κ1) is 21.0. The number of phenols is 4. The van der Waals surface area contributed by atoms with Crippen LogP contribution in [0.3, 0.4) is 0 Å². The van der Waals surface area contributed by atoms with Crippen molar-refractivity contribution in [2.24, 2.45) is 0 Å². The molecule has 0 saturated heterocycles. The summed E-state index contributed by atoms with van der Waals surface area (Å²) in [5.74, 6) is -2.24. The molecule has 2 aromatic carbocycles. The Hall–Kier alpha value is -3.33. The van der Waals surface area contributed by atoms with Crippen LogP contribution < -0.4 is 10.1 Å². The lowest BCUT2D eigenvalue weighted by molar-refractivity contribution is -0.105. The number of hydrogen-bond acceptors (Lipinski definition) is 8. The fourth-order valence-corrected chi connectivity index (χ4v) is 2.70. The molecule has 0 aliphatic heterocycles. The van der Waals surface area contributed by atoms with Gasteiger partial charge in [-0.25, -0.2) is 4.79 Å². The normalized spacial score (nSPS) is 10.4. The van der Waals surface area contributed by atoms with Crippen molar-refractivity contribution in [1.29, 1.82) is 0 Å². The van der Waals surface area contributed by atoms with Gasteiger partial charge in [-0.1, -0.05) is 11.6 Å². The van der Waals surface area contributed by atoms with Gasteiger partial charge in [0.2, 0.25) is 6.41 Å². The third-order valence-corrected chi connectivity index (χ3v) is 4.14. The molecule has 28 heavy (non-hydrogen) atoms. The summed E-state index contributed by atoms with van der Waals surface area (Å²) in [6.07, 6.45) is 0.723. The molecule has 10 heteroatoms. The van der Waals surface area contributed by atoms with Crippen LogP contribution in [0, 0.1) is 0 Å². The predicted octanol–water partition coefficient (Wildman–Crippen LogP) is 2.53. The Labute approximate surface area is 164 Å². The highest BCUT2D eigenvalue weighted by Crippen LogP contribution is 2.42. The second-order valence-electron chi connectivity index (χ2n) is 5.63. The molecule has 1 amide bonds. The van der Waals surface area contributed by atoms with Gasteiger partial charge in [-0.3, -0.25) is 4.79 Å². The third-order valence-electron chi connectivity index (χ3n) is 3.84. The molecule has 9 nitrogen and oxygen atoms in total. The van der Waals surface area contributed by atoms with Crippen molar-refractivity contribution in [3.8, 4) is 28.7 Å². The molecule has 0 aliphatic rings. The van der Waals surface area contributed by atoms with Crippen LogP contribution in [-0.4, -0.2) is 46.5 Å². The maximum absolute atomic E-state index is 12.0. The predicted molar refractivity (Wildman–Crippen MR) is 99.4 cm³/mol. The van der Waals surface area contributed by atoms with Gasteiger partial charge in [0, 0.05) is 17.7 Å². The standard InChI is InChI=1S/C18H18ClNO8/c1-27-17-9(16(25)12(20-8-21)6-15(17)24)3-2-4-28-18(26)10-5-11(19)14(23)7-13(10)22/h5-8,22-25H,2-4H2,1H3,(H,20,21). The number of carbonyl (C=O) groups is 2. The summed E-state index contributed by atoms with van der Waals surface area (Å²) in [5.41, 5.74) is 0.0143. The highest BCUT2D eigenvalue weighted by molar-refractivity contribution is 6.32. The van der Waals surface area contributed by atoms with Crippen LogP contribution in [0.1, 0.15) is 22.3 Å². The number of nitrogens with one attached hydrogen (secondary N) is 1. The Kier molecular flexibility index (Phi) is 6.78. The van der Waals surface area contributed by atoms with Crippen molar-refractivity contribution in [3.63, 3.8) is 0 Å². The van der Waals surface area contributed by atoms with Gasteiger partial charge in [-0.2, -0.15) is 0 Å². The van der Waals surface area contributed by atoms with Crippen LogP contribution in [-0.2, 0) is 16.0 Å². The Bertz CT molecular complexity index is 900. The average molecular weight is 412 g/mol. The molecule has 0 aromatic heterocycles. The maximum atomic E-state index is 12.0. The first-order valence-corrected chi connectivity index (χ1v) is 8.38. The van der Waals surface area contributed by atoms with Crippen molar-refractivity contribution >= 4 is 29.7 Å². The second kappa shape index (κ2) is 9.05.